The summed E-state index contributed by atoms with van der Waals surface area (Å²) in [5, 5.41) is 9.78. The molecule has 0 aliphatic carbocycles. The molecule has 2 aromatic carbocycles. The van der Waals surface area contributed by atoms with Crippen molar-refractivity contribution in [2.24, 2.45) is 0 Å². The zero-order chi connectivity index (χ0) is 12.1. The smallest absolute Gasteiger partial charge is 0.345 e. The number of hydrogen-bond donors (Lipinski definition) is 1. The number of aliphatic hydroxyl groups is 1. The quantitative estimate of drug-likeness (QED) is 0.647. The minimum atomic E-state index is -1.25. The van der Waals surface area contributed by atoms with Gasteiger partial charge in [-0.05, 0) is 17.7 Å². The molecule has 3 heteroatoms. The number of benzene rings is 2. The van der Waals surface area contributed by atoms with E-state index in [1.54, 1.807) is 48.5 Å². The highest BCUT2D eigenvalue weighted by atomic mass is 16.5. The number of rotatable bonds is 3. The van der Waals surface area contributed by atoms with Gasteiger partial charge in [0.1, 0.15) is 5.75 Å². The minimum absolute atomic E-state index is 0.424. The van der Waals surface area contributed by atoms with Crippen molar-refractivity contribution in [3.63, 3.8) is 0 Å². The predicted octanol–water partition coefficient (Wildman–Crippen LogP) is 2.33. The zero-order valence-corrected chi connectivity index (χ0v) is 9.11. The first-order valence-electron chi connectivity index (χ1n) is 5.27. The van der Waals surface area contributed by atoms with Crippen molar-refractivity contribution in [2.75, 3.05) is 0 Å². The molecular formula is C14H12O3. The van der Waals surface area contributed by atoms with Gasteiger partial charge in [-0.1, -0.05) is 48.5 Å². The highest BCUT2D eigenvalue weighted by Crippen LogP contribution is 2.16. The van der Waals surface area contributed by atoms with Crippen molar-refractivity contribution in [3.8, 4) is 5.75 Å². The Morgan fingerprint density at radius 2 is 1.47 bits per heavy atom. The molecule has 0 aliphatic heterocycles. The van der Waals surface area contributed by atoms with E-state index in [1.165, 1.54) is 0 Å². The van der Waals surface area contributed by atoms with Crippen LogP contribution in [0.25, 0.3) is 0 Å². The van der Waals surface area contributed by atoms with Crippen LogP contribution in [0.1, 0.15) is 11.7 Å². The summed E-state index contributed by atoms with van der Waals surface area (Å²) < 4.78 is 5.04. The fourth-order valence-electron chi connectivity index (χ4n) is 1.43. The van der Waals surface area contributed by atoms with Gasteiger partial charge in [0, 0.05) is 0 Å². The lowest BCUT2D eigenvalue weighted by atomic mass is 10.1. The van der Waals surface area contributed by atoms with E-state index in [0.29, 0.717) is 11.3 Å². The summed E-state index contributed by atoms with van der Waals surface area (Å²) >= 11 is 0. The molecule has 2 rings (SSSR count). The third-order valence-corrected chi connectivity index (χ3v) is 2.30. The van der Waals surface area contributed by atoms with Gasteiger partial charge in [-0.15, -0.1) is 0 Å². The number of carbonyl (C=O) groups is 1. The summed E-state index contributed by atoms with van der Waals surface area (Å²) in [4.78, 5) is 11.6. The number of carbonyl (C=O) groups excluding carboxylic acids is 1. The zero-order valence-electron chi connectivity index (χ0n) is 9.11. The highest BCUT2D eigenvalue weighted by molar-refractivity contribution is 5.78. The van der Waals surface area contributed by atoms with Gasteiger partial charge in [0.2, 0.25) is 0 Å². The second kappa shape index (κ2) is 5.27. The van der Waals surface area contributed by atoms with E-state index in [4.69, 9.17) is 4.74 Å². The Hall–Kier alpha value is -2.13. The number of para-hydroxylation sites is 1. The molecule has 0 saturated carbocycles. The summed E-state index contributed by atoms with van der Waals surface area (Å²) in [6.07, 6.45) is -1.25. The van der Waals surface area contributed by atoms with Gasteiger partial charge >= 0.3 is 5.97 Å². The van der Waals surface area contributed by atoms with E-state index in [9.17, 15) is 9.90 Å². The molecule has 1 atom stereocenters. The van der Waals surface area contributed by atoms with Crippen molar-refractivity contribution in [2.45, 2.75) is 6.10 Å². The Morgan fingerprint density at radius 1 is 0.941 bits per heavy atom. The second-order valence-corrected chi connectivity index (χ2v) is 3.55. The third kappa shape index (κ3) is 2.92. The fraction of sp³-hybridized carbons (Fsp3) is 0.0714. The number of hydrogen-bond acceptors (Lipinski definition) is 3. The van der Waals surface area contributed by atoms with Gasteiger partial charge < -0.3 is 9.84 Å². The molecule has 0 amide bonds. The lowest BCUT2D eigenvalue weighted by molar-refractivity contribution is -0.144. The van der Waals surface area contributed by atoms with Crippen LogP contribution in [-0.4, -0.2) is 11.1 Å². The van der Waals surface area contributed by atoms with Gasteiger partial charge in [0.25, 0.3) is 0 Å². The Kier molecular flexibility index (Phi) is 3.52. The third-order valence-electron chi connectivity index (χ3n) is 2.30. The lowest BCUT2D eigenvalue weighted by Gasteiger charge is -2.10. The fourth-order valence-corrected chi connectivity index (χ4v) is 1.43. The molecule has 0 aliphatic rings. The molecule has 0 unspecified atom stereocenters. The summed E-state index contributed by atoms with van der Waals surface area (Å²) in [7, 11) is 0. The van der Waals surface area contributed by atoms with Crippen LogP contribution < -0.4 is 4.74 Å². The standard InChI is InChI=1S/C14H12O3/c15-13(11-7-3-1-4-8-11)14(16)17-12-9-5-2-6-10-12/h1-10,13,15H/t13-/m1/s1. The first-order valence-corrected chi connectivity index (χ1v) is 5.27. The van der Waals surface area contributed by atoms with E-state index in [0.717, 1.165) is 0 Å². The van der Waals surface area contributed by atoms with E-state index < -0.39 is 12.1 Å². The Morgan fingerprint density at radius 3 is 2.06 bits per heavy atom. The van der Waals surface area contributed by atoms with Gasteiger partial charge in [-0.2, -0.15) is 0 Å². The van der Waals surface area contributed by atoms with Crippen LogP contribution in [0.5, 0.6) is 5.75 Å². The normalized spacial score (nSPS) is 11.8. The van der Waals surface area contributed by atoms with Gasteiger partial charge in [-0.3, -0.25) is 0 Å². The molecule has 0 bridgehead atoms. The molecule has 0 fully saturated rings. The van der Waals surface area contributed by atoms with E-state index in [2.05, 4.69) is 0 Å². The van der Waals surface area contributed by atoms with Crippen molar-refractivity contribution in [3.05, 3.63) is 66.2 Å². The van der Waals surface area contributed by atoms with Crippen LogP contribution in [0, 0.1) is 0 Å². The molecule has 86 valence electrons. The first-order chi connectivity index (χ1) is 8.27. The first kappa shape index (κ1) is 11.4. The Bertz CT molecular complexity index is 479. The van der Waals surface area contributed by atoms with Gasteiger partial charge in [-0.25, -0.2) is 4.79 Å². The van der Waals surface area contributed by atoms with E-state index >= 15 is 0 Å². The molecule has 2 aromatic rings. The summed E-state index contributed by atoms with van der Waals surface area (Å²) in [5.41, 5.74) is 0.522. The maximum Gasteiger partial charge on any atom is 0.345 e. The lowest BCUT2D eigenvalue weighted by Crippen LogP contribution is -2.18. The Labute approximate surface area is 99.3 Å². The molecule has 0 saturated heterocycles. The maximum absolute atomic E-state index is 11.6. The SMILES string of the molecule is O=C(Oc1ccccc1)[C@H](O)c1ccccc1. The highest BCUT2D eigenvalue weighted by Gasteiger charge is 2.19. The van der Waals surface area contributed by atoms with Crippen LogP contribution in [0.3, 0.4) is 0 Å². The number of esters is 1. The van der Waals surface area contributed by atoms with Crippen LogP contribution in [-0.2, 0) is 4.79 Å². The monoisotopic (exact) mass is 228 g/mol. The summed E-state index contributed by atoms with van der Waals surface area (Å²) in [6, 6.07) is 17.4. The van der Waals surface area contributed by atoms with E-state index in [1.807, 2.05) is 12.1 Å². The van der Waals surface area contributed by atoms with Crippen LogP contribution in [0.4, 0.5) is 0 Å². The molecule has 17 heavy (non-hydrogen) atoms. The second-order valence-electron chi connectivity index (χ2n) is 3.55. The predicted molar refractivity (Wildman–Crippen MR) is 63.5 cm³/mol. The van der Waals surface area contributed by atoms with E-state index in [-0.39, 0.29) is 0 Å². The summed E-state index contributed by atoms with van der Waals surface area (Å²) in [6.45, 7) is 0. The van der Waals surface area contributed by atoms with Crippen LogP contribution in [0.15, 0.2) is 60.7 Å². The average Bonchev–Trinajstić information content (AvgIpc) is 2.40. The van der Waals surface area contributed by atoms with Gasteiger partial charge in [0.15, 0.2) is 6.10 Å². The molecular weight excluding hydrogens is 216 g/mol. The number of ether oxygens (including phenoxy) is 1. The Balaban J connectivity index is 2.06. The van der Waals surface area contributed by atoms with Crippen molar-refractivity contribution in [1.29, 1.82) is 0 Å². The molecule has 1 N–H and O–H groups in total. The van der Waals surface area contributed by atoms with Crippen molar-refractivity contribution in [1.82, 2.24) is 0 Å². The molecule has 0 radical (unpaired) electrons. The molecule has 0 spiro atoms. The molecule has 3 nitrogen and oxygen atoms in total. The van der Waals surface area contributed by atoms with Crippen LogP contribution >= 0.6 is 0 Å². The van der Waals surface area contributed by atoms with Crippen molar-refractivity contribution < 1.29 is 14.6 Å². The molecule has 0 aromatic heterocycles. The topological polar surface area (TPSA) is 46.5 Å². The average molecular weight is 228 g/mol. The van der Waals surface area contributed by atoms with Gasteiger partial charge in [0.05, 0.1) is 0 Å². The maximum atomic E-state index is 11.6. The van der Waals surface area contributed by atoms with Crippen molar-refractivity contribution >= 4 is 5.97 Å². The largest absolute Gasteiger partial charge is 0.424 e. The molecule has 0 heterocycles. The minimum Gasteiger partial charge on any atom is -0.424 e. The number of aliphatic hydroxyl groups excluding tert-OH is 1. The summed E-state index contributed by atoms with van der Waals surface area (Å²) in [5.74, 6) is -0.255. The van der Waals surface area contributed by atoms with Crippen LogP contribution in [0.2, 0.25) is 0 Å².